The van der Waals surface area contributed by atoms with Crippen LogP contribution in [0.2, 0.25) is 0 Å². The summed E-state index contributed by atoms with van der Waals surface area (Å²) in [6.07, 6.45) is 3.94. The average molecular weight is 211 g/mol. The minimum absolute atomic E-state index is 0.172. The van der Waals surface area contributed by atoms with Gasteiger partial charge in [-0.05, 0) is 32.7 Å². The van der Waals surface area contributed by atoms with E-state index < -0.39 is 0 Å². The van der Waals surface area contributed by atoms with Crippen LogP contribution in [0.5, 0.6) is 0 Å². The first-order valence-electron chi connectivity index (χ1n) is 5.97. The molecule has 1 amide bonds. The Hall–Kier alpha value is -0.610. The van der Waals surface area contributed by atoms with Crippen molar-refractivity contribution in [1.82, 2.24) is 10.2 Å². The first-order valence-corrected chi connectivity index (χ1v) is 5.97. The lowest BCUT2D eigenvalue weighted by atomic mass is 10.1. The molecule has 2 aliphatic rings. The highest BCUT2D eigenvalue weighted by Crippen LogP contribution is 2.19. The van der Waals surface area contributed by atoms with Crippen molar-refractivity contribution in [3.8, 4) is 0 Å². The average Bonchev–Trinajstić information content (AvgIpc) is 2.79. The van der Waals surface area contributed by atoms with E-state index in [9.17, 15) is 4.79 Å². The van der Waals surface area contributed by atoms with Gasteiger partial charge in [0.2, 0.25) is 5.91 Å². The lowest BCUT2D eigenvalue weighted by molar-refractivity contribution is -0.132. The molecule has 0 spiro atoms. The van der Waals surface area contributed by atoms with Crippen molar-refractivity contribution < 1.29 is 4.79 Å². The summed E-state index contributed by atoms with van der Waals surface area (Å²) in [7, 11) is 0. The van der Waals surface area contributed by atoms with E-state index >= 15 is 0 Å². The fourth-order valence-electron chi connectivity index (χ4n) is 2.57. The Kier molecular flexibility index (Phi) is 3.26. The summed E-state index contributed by atoms with van der Waals surface area (Å²) >= 11 is 0. The van der Waals surface area contributed by atoms with Crippen LogP contribution in [0, 0.1) is 0 Å². The van der Waals surface area contributed by atoms with Crippen LogP contribution >= 0.6 is 0 Å². The van der Waals surface area contributed by atoms with Crippen molar-refractivity contribution in [2.75, 3.05) is 13.1 Å². The summed E-state index contributed by atoms with van der Waals surface area (Å²) in [5.74, 6) is 0.273. The van der Waals surface area contributed by atoms with Crippen LogP contribution in [0.15, 0.2) is 0 Å². The van der Waals surface area contributed by atoms with Crippen LogP contribution < -0.4 is 11.1 Å². The van der Waals surface area contributed by atoms with Gasteiger partial charge in [0.25, 0.3) is 0 Å². The number of rotatable bonds is 2. The number of nitrogens with two attached hydrogens (primary N) is 1. The standard InChI is InChI=1S/C11H21N3O/c1-8-10(12)4-6-14(8)11(15)7-9-3-2-5-13-9/h8-10,13H,2-7,12H2,1H3. The Bertz CT molecular complexity index is 238. The molecule has 2 saturated heterocycles. The smallest absolute Gasteiger partial charge is 0.224 e. The zero-order valence-corrected chi connectivity index (χ0v) is 9.41. The summed E-state index contributed by atoms with van der Waals surface area (Å²) in [6.45, 7) is 3.96. The molecule has 0 aromatic heterocycles. The molecule has 3 atom stereocenters. The lowest BCUT2D eigenvalue weighted by Gasteiger charge is -2.24. The summed E-state index contributed by atoms with van der Waals surface area (Å²) in [6, 6.07) is 0.797. The topological polar surface area (TPSA) is 58.4 Å². The van der Waals surface area contributed by atoms with E-state index in [2.05, 4.69) is 12.2 Å². The van der Waals surface area contributed by atoms with Gasteiger partial charge in [-0.2, -0.15) is 0 Å². The molecule has 0 saturated carbocycles. The van der Waals surface area contributed by atoms with Crippen molar-refractivity contribution in [2.24, 2.45) is 5.73 Å². The second kappa shape index (κ2) is 4.49. The first-order chi connectivity index (χ1) is 7.18. The SMILES string of the molecule is CC1C(N)CCN1C(=O)CC1CCCN1. The molecule has 3 N–H and O–H groups in total. The fourth-order valence-corrected chi connectivity index (χ4v) is 2.57. The molecule has 2 heterocycles. The van der Waals surface area contributed by atoms with E-state index in [1.165, 1.54) is 6.42 Å². The number of nitrogens with one attached hydrogen (secondary N) is 1. The molecule has 4 heteroatoms. The number of hydrogen-bond donors (Lipinski definition) is 2. The molecule has 2 aliphatic heterocycles. The summed E-state index contributed by atoms with van der Waals surface area (Å²) in [5.41, 5.74) is 5.91. The highest BCUT2D eigenvalue weighted by molar-refractivity contribution is 5.77. The Morgan fingerprint density at radius 1 is 1.53 bits per heavy atom. The van der Waals surface area contributed by atoms with Crippen LogP contribution in [0.4, 0.5) is 0 Å². The largest absolute Gasteiger partial charge is 0.338 e. The maximum absolute atomic E-state index is 12.0. The van der Waals surface area contributed by atoms with Crippen LogP contribution in [0.1, 0.15) is 32.6 Å². The van der Waals surface area contributed by atoms with Gasteiger partial charge in [-0.1, -0.05) is 0 Å². The van der Waals surface area contributed by atoms with Gasteiger partial charge in [0.1, 0.15) is 0 Å². The Morgan fingerprint density at radius 2 is 2.33 bits per heavy atom. The molecule has 0 aromatic rings. The van der Waals surface area contributed by atoms with E-state index in [0.717, 1.165) is 25.9 Å². The van der Waals surface area contributed by atoms with Crippen LogP contribution in [0.3, 0.4) is 0 Å². The van der Waals surface area contributed by atoms with Crippen molar-refractivity contribution in [3.05, 3.63) is 0 Å². The molecule has 4 nitrogen and oxygen atoms in total. The highest BCUT2D eigenvalue weighted by Gasteiger charge is 2.32. The fraction of sp³-hybridized carbons (Fsp3) is 0.909. The summed E-state index contributed by atoms with van der Waals surface area (Å²) < 4.78 is 0. The molecule has 0 bridgehead atoms. The van der Waals surface area contributed by atoms with Crippen molar-refractivity contribution in [1.29, 1.82) is 0 Å². The predicted octanol–water partition coefficient (Wildman–Crippen LogP) is 0.0766. The van der Waals surface area contributed by atoms with E-state index in [0.29, 0.717) is 12.5 Å². The molecule has 15 heavy (non-hydrogen) atoms. The van der Waals surface area contributed by atoms with Gasteiger partial charge >= 0.3 is 0 Å². The first kappa shape index (κ1) is 10.9. The van der Waals surface area contributed by atoms with Gasteiger partial charge in [0, 0.05) is 31.1 Å². The Morgan fingerprint density at radius 3 is 2.87 bits per heavy atom. The number of carbonyl (C=O) groups is 1. The molecule has 3 unspecified atom stereocenters. The zero-order chi connectivity index (χ0) is 10.8. The number of carbonyl (C=O) groups excluding carboxylic acids is 1. The maximum Gasteiger partial charge on any atom is 0.224 e. The molecule has 0 aromatic carbocycles. The molecule has 0 aliphatic carbocycles. The molecule has 0 radical (unpaired) electrons. The second-order valence-electron chi connectivity index (χ2n) is 4.78. The zero-order valence-electron chi connectivity index (χ0n) is 9.41. The number of nitrogens with zero attached hydrogens (tertiary/aromatic N) is 1. The van der Waals surface area contributed by atoms with E-state index in [1.807, 2.05) is 4.90 Å². The van der Waals surface area contributed by atoms with E-state index in [4.69, 9.17) is 5.73 Å². The minimum atomic E-state index is 0.172. The van der Waals surface area contributed by atoms with Gasteiger partial charge in [-0.15, -0.1) is 0 Å². The quantitative estimate of drug-likeness (QED) is 0.680. The monoisotopic (exact) mass is 211 g/mol. The van der Waals surface area contributed by atoms with Gasteiger partial charge < -0.3 is 16.0 Å². The second-order valence-corrected chi connectivity index (χ2v) is 4.78. The molecule has 86 valence electrons. The van der Waals surface area contributed by atoms with Crippen molar-refractivity contribution >= 4 is 5.91 Å². The highest BCUT2D eigenvalue weighted by atomic mass is 16.2. The minimum Gasteiger partial charge on any atom is -0.338 e. The molecule has 2 fully saturated rings. The molecular formula is C11H21N3O. The molecule has 2 rings (SSSR count). The number of hydrogen-bond acceptors (Lipinski definition) is 3. The van der Waals surface area contributed by atoms with Gasteiger partial charge in [-0.25, -0.2) is 0 Å². The number of amides is 1. The van der Waals surface area contributed by atoms with Crippen LogP contribution in [-0.2, 0) is 4.79 Å². The van der Waals surface area contributed by atoms with E-state index in [1.54, 1.807) is 0 Å². The van der Waals surface area contributed by atoms with Crippen LogP contribution in [0.25, 0.3) is 0 Å². The third kappa shape index (κ3) is 2.32. The normalized spacial score (nSPS) is 36.1. The third-order valence-electron chi connectivity index (χ3n) is 3.72. The number of likely N-dealkylation sites (tertiary alicyclic amines) is 1. The van der Waals surface area contributed by atoms with Crippen molar-refractivity contribution in [3.63, 3.8) is 0 Å². The van der Waals surface area contributed by atoms with Gasteiger partial charge in [0.05, 0.1) is 0 Å². The predicted molar refractivity (Wildman–Crippen MR) is 59.4 cm³/mol. The Balaban J connectivity index is 1.85. The van der Waals surface area contributed by atoms with Gasteiger partial charge in [-0.3, -0.25) is 4.79 Å². The maximum atomic E-state index is 12.0. The summed E-state index contributed by atoms with van der Waals surface area (Å²) in [5, 5.41) is 3.36. The summed E-state index contributed by atoms with van der Waals surface area (Å²) in [4.78, 5) is 13.9. The molecular weight excluding hydrogens is 190 g/mol. The lowest BCUT2D eigenvalue weighted by Crippen LogP contribution is -2.42. The van der Waals surface area contributed by atoms with Crippen molar-refractivity contribution in [2.45, 2.75) is 50.7 Å². The van der Waals surface area contributed by atoms with Crippen LogP contribution in [-0.4, -0.2) is 42.0 Å². The van der Waals surface area contributed by atoms with Gasteiger partial charge in [0.15, 0.2) is 0 Å². The third-order valence-corrected chi connectivity index (χ3v) is 3.72. The Labute approximate surface area is 91.2 Å². The van der Waals surface area contributed by atoms with E-state index in [-0.39, 0.29) is 18.0 Å².